The van der Waals surface area contributed by atoms with Crippen LogP contribution in [0.15, 0.2) is 34.2 Å². The Balaban J connectivity index is 1.67. The van der Waals surface area contributed by atoms with E-state index in [1.807, 2.05) is 12.1 Å². The van der Waals surface area contributed by atoms with Crippen LogP contribution in [0.2, 0.25) is 5.02 Å². The third-order valence-corrected chi connectivity index (χ3v) is 5.88. The van der Waals surface area contributed by atoms with Gasteiger partial charge in [-0.1, -0.05) is 23.7 Å². The van der Waals surface area contributed by atoms with Crippen LogP contribution < -0.4 is 11.0 Å². The number of hydrogen-bond donors (Lipinski definition) is 1. The lowest BCUT2D eigenvalue weighted by atomic mass is 9.97. The minimum Gasteiger partial charge on any atom is -0.280 e. The third kappa shape index (κ3) is 3.07. The predicted octanol–water partition coefficient (Wildman–Crippen LogP) is 3.97. The standard InChI is InChI=1S/C18H17ClN4OS/c1-23-17(24)15-13-4-2-3-5-14(13)25-16(15)21-18(23)22-20-10-11-6-8-12(19)9-7-11/h6-10H,2-5H2,1H3,(H,21,22)/b20-10+. The zero-order valence-corrected chi connectivity index (χ0v) is 15.3. The molecular formula is C18H17ClN4OS. The molecule has 0 spiro atoms. The van der Waals surface area contributed by atoms with Crippen molar-refractivity contribution in [3.63, 3.8) is 0 Å². The average Bonchev–Trinajstić information content (AvgIpc) is 2.99. The minimum atomic E-state index is -0.00593. The van der Waals surface area contributed by atoms with E-state index in [0.717, 1.165) is 35.0 Å². The highest BCUT2D eigenvalue weighted by molar-refractivity contribution is 7.18. The Morgan fingerprint density at radius 1 is 1.28 bits per heavy atom. The maximum Gasteiger partial charge on any atom is 0.263 e. The number of hydrogen-bond acceptors (Lipinski definition) is 5. The van der Waals surface area contributed by atoms with Crippen LogP contribution in [0.25, 0.3) is 10.2 Å². The molecule has 0 aliphatic heterocycles. The van der Waals surface area contributed by atoms with Crippen molar-refractivity contribution >= 4 is 45.3 Å². The summed E-state index contributed by atoms with van der Waals surface area (Å²) in [5, 5.41) is 5.66. The molecule has 2 aromatic heterocycles. The van der Waals surface area contributed by atoms with E-state index in [0.29, 0.717) is 11.0 Å². The highest BCUT2D eigenvalue weighted by Crippen LogP contribution is 2.34. The normalized spacial score (nSPS) is 14.2. The summed E-state index contributed by atoms with van der Waals surface area (Å²) in [6.45, 7) is 0. The fourth-order valence-electron chi connectivity index (χ4n) is 3.10. The van der Waals surface area contributed by atoms with E-state index in [1.54, 1.807) is 36.7 Å². The van der Waals surface area contributed by atoms with E-state index < -0.39 is 0 Å². The van der Waals surface area contributed by atoms with Crippen molar-refractivity contribution in [2.75, 3.05) is 5.43 Å². The van der Waals surface area contributed by atoms with Gasteiger partial charge in [0.2, 0.25) is 5.95 Å². The first-order chi connectivity index (χ1) is 12.1. The Hall–Kier alpha value is -2.18. The van der Waals surface area contributed by atoms with Crippen LogP contribution in [0.3, 0.4) is 0 Å². The molecule has 1 aliphatic carbocycles. The van der Waals surface area contributed by atoms with Crippen molar-refractivity contribution in [2.24, 2.45) is 12.1 Å². The maximum atomic E-state index is 12.8. The first-order valence-electron chi connectivity index (χ1n) is 8.19. The molecule has 5 nitrogen and oxygen atoms in total. The maximum absolute atomic E-state index is 12.8. The van der Waals surface area contributed by atoms with E-state index in [1.165, 1.54) is 21.4 Å². The summed E-state index contributed by atoms with van der Waals surface area (Å²) < 4.78 is 1.53. The second kappa shape index (κ2) is 6.61. The van der Waals surface area contributed by atoms with E-state index in [2.05, 4.69) is 15.5 Å². The second-order valence-electron chi connectivity index (χ2n) is 6.11. The molecule has 0 amide bonds. The number of nitrogens with zero attached hydrogens (tertiary/aromatic N) is 3. The van der Waals surface area contributed by atoms with Crippen LogP contribution in [0.5, 0.6) is 0 Å². The topological polar surface area (TPSA) is 59.3 Å². The monoisotopic (exact) mass is 372 g/mol. The van der Waals surface area contributed by atoms with Gasteiger partial charge in [-0.15, -0.1) is 11.3 Å². The van der Waals surface area contributed by atoms with Gasteiger partial charge in [-0.05, 0) is 48.9 Å². The lowest BCUT2D eigenvalue weighted by Crippen LogP contribution is -2.21. The summed E-state index contributed by atoms with van der Waals surface area (Å²) in [7, 11) is 1.72. The molecule has 128 valence electrons. The molecule has 0 atom stereocenters. The summed E-state index contributed by atoms with van der Waals surface area (Å²) >= 11 is 7.51. The fraction of sp³-hybridized carbons (Fsp3) is 0.278. The zero-order chi connectivity index (χ0) is 17.4. The fourth-order valence-corrected chi connectivity index (χ4v) is 4.48. The van der Waals surface area contributed by atoms with Gasteiger partial charge >= 0.3 is 0 Å². The van der Waals surface area contributed by atoms with Crippen LogP contribution >= 0.6 is 22.9 Å². The number of thiophene rings is 1. The quantitative estimate of drug-likeness (QED) is 0.559. The van der Waals surface area contributed by atoms with Crippen molar-refractivity contribution in [1.29, 1.82) is 0 Å². The van der Waals surface area contributed by atoms with Crippen molar-refractivity contribution in [2.45, 2.75) is 25.7 Å². The Morgan fingerprint density at radius 3 is 2.84 bits per heavy atom. The highest BCUT2D eigenvalue weighted by atomic mass is 35.5. The molecule has 0 radical (unpaired) electrons. The summed E-state index contributed by atoms with van der Waals surface area (Å²) in [5.41, 5.74) is 4.99. The summed E-state index contributed by atoms with van der Waals surface area (Å²) in [6.07, 6.45) is 6.04. The molecule has 1 aliphatic rings. The van der Waals surface area contributed by atoms with Crippen molar-refractivity contribution < 1.29 is 0 Å². The highest BCUT2D eigenvalue weighted by Gasteiger charge is 2.20. The van der Waals surface area contributed by atoms with Gasteiger partial charge in [0.05, 0.1) is 11.6 Å². The number of anilines is 1. The minimum absolute atomic E-state index is 0.00593. The first kappa shape index (κ1) is 16.3. The second-order valence-corrected chi connectivity index (χ2v) is 7.63. The Bertz CT molecular complexity index is 1020. The van der Waals surface area contributed by atoms with Crippen LogP contribution in [0.4, 0.5) is 5.95 Å². The molecule has 25 heavy (non-hydrogen) atoms. The van der Waals surface area contributed by atoms with Crippen LogP contribution in [-0.4, -0.2) is 15.8 Å². The number of benzene rings is 1. The number of fused-ring (bicyclic) bond motifs is 3. The predicted molar refractivity (Wildman–Crippen MR) is 104 cm³/mol. The van der Waals surface area contributed by atoms with E-state index in [9.17, 15) is 4.79 Å². The third-order valence-electron chi connectivity index (χ3n) is 4.44. The number of halogens is 1. The van der Waals surface area contributed by atoms with Gasteiger partial charge in [-0.25, -0.2) is 10.4 Å². The number of hydrazone groups is 1. The molecule has 0 unspecified atom stereocenters. The van der Waals surface area contributed by atoms with Crippen LogP contribution in [0.1, 0.15) is 28.8 Å². The number of aromatic nitrogens is 2. The molecule has 0 saturated carbocycles. The molecule has 1 N–H and O–H groups in total. The molecule has 0 saturated heterocycles. The first-order valence-corrected chi connectivity index (χ1v) is 9.39. The average molecular weight is 373 g/mol. The Kier molecular flexibility index (Phi) is 4.31. The summed E-state index contributed by atoms with van der Waals surface area (Å²) in [4.78, 5) is 19.5. The summed E-state index contributed by atoms with van der Waals surface area (Å²) in [6, 6.07) is 7.35. The zero-order valence-electron chi connectivity index (χ0n) is 13.8. The molecule has 4 rings (SSSR count). The molecular weight excluding hydrogens is 356 g/mol. The van der Waals surface area contributed by atoms with Crippen molar-refractivity contribution in [3.05, 3.63) is 55.6 Å². The lowest BCUT2D eigenvalue weighted by Gasteiger charge is -2.10. The molecule has 0 bridgehead atoms. The number of aryl methyl sites for hydroxylation is 2. The van der Waals surface area contributed by atoms with E-state index in [-0.39, 0.29) is 5.56 Å². The van der Waals surface area contributed by atoms with E-state index in [4.69, 9.17) is 11.6 Å². The molecule has 2 heterocycles. The lowest BCUT2D eigenvalue weighted by molar-refractivity contribution is 0.699. The number of rotatable bonds is 3. The SMILES string of the molecule is Cn1c(N/N=C/c2ccc(Cl)cc2)nc2sc3c(c2c1=O)CCCC3. The molecule has 7 heteroatoms. The van der Waals surface area contributed by atoms with Gasteiger partial charge < -0.3 is 0 Å². The smallest absolute Gasteiger partial charge is 0.263 e. The van der Waals surface area contributed by atoms with Gasteiger partial charge in [0.15, 0.2) is 0 Å². The number of nitrogens with one attached hydrogen (secondary N) is 1. The van der Waals surface area contributed by atoms with E-state index >= 15 is 0 Å². The van der Waals surface area contributed by atoms with Crippen molar-refractivity contribution in [3.8, 4) is 0 Å². The van der Waals surface area contributed by atoms with Gasteiger partial charge in [-0.3, -0.25) is 9.36 Å². The largest absolute Gasteiger partial charge is 0.280 e. The van der Waals surface area contributed by atoms with Crippen LogP contribution in [-0.2, 0) is 19.9 Å². The molecule has 3 aromatic rings. The van der Waals surface area contributed by atoms with Crippen LogP contribution in [0, 0.1) is 0 Å². The Morgan fingerprint density at radius 2 is 2.04 bits per heavy atom. The van der Waals surface area contributed by atoms with Gasteiger partial charge in [0.1, 0.15) is 4.83 Å². The molecule has 1 aromatic carbocycles. The van der Waals surface area contributed by atoms with Gasteiger partial charge in [-0.2, -0.15) is 5.10 Å². The van der Waals surface area contributed by atoms with Gasteiger partial charge in [0, 0.05) is 16.9 Å². The Labute approximate surface area is 154 Å². The van der Waals surface area contributed by atoms with Crippen molar-refractivity contribution in [1.82, 2.24) is 9.55 Å². The van der Waals surface area contributed by atoms with Gasteiger partial charge in [0.25, 0.3) is 5.56 Å². The molecule has 0 fully saturated rings. The summed E-state index contributed by atoms with van der Waals surface area (Å²) in [5.74, 6) is 0.446.